The molecule has 0 amide bonds. The highest BCUT2D eigenvalue weighted by atomic mass is 79.9. The molecule has 0 spiro atoms. The Balaban J connectivity index is 2.52. The molecule has 1 aliphatic heterocycles. The van der Waals surface area contributed by atoms with Crippen molar-refractivity contribution in [3.63, 3.8) is 0 Å². The molecule has 0 saturated carbocycles. The summed E-state index contributed by atoms with van der Waals surface area (Å²) in [6, 6.07) is 2.81. The number of nitrogens with two attached hydrogens (primary N) is 1. The number of hydrogen-bond acceptors (Lipinski definition) is 2. The Hall–Kier alpha value is -0.610. The van der Waals surface area contributed by atoms with E-state index in [0.29, 0.717) is 5.75 Å². The van der Waals surface area contributed by atoms with Gasteiger partial charge in [0.05, 0.1) is 6.04 Å². The van der Waals surface area contributed by atoms with E-state index in [1.807, 2.05) is 6.92 Å². The molecule has 1 aromatic rings. The van der Waals surface area contributed by atoms with Gasteiger partial charge in [0.2, 0.25) is 0 Å². The van der Waals surface area contributed by atoms with Gasteiger partial charge in [-0.25, -0.2) is 4.39 Å². The van der Waals surface area contributed by atoms with Crippen LogP contribution in [-0.2, 0) is 0 Å². The average Bonchev–Trinajstić information content (AvgIpc) is 2.51. The molecule has 0 saturated heterocycles. The van der Waals surface area contributed by atoms with Crippen molar-refractivity contribution in [2.45, 2.75) is 25.5 Å². The van der Waals surface area contributed by atoms with Crippen LogP contribution in [-0.4, -0.2) is 6.10 Å². The third-order valence-electron chi connectivity index (χ3n) is 2.50. The first-order valence-electron chi connectivity index (χ1n) is 4.55. The highest BCUT2D eigenvalue weighted by Crippen LogP contribution is 2.42. The van der Waals surface area contributed by atoms with Crippen LogP contribution in [0.15, 0.2) is 16.6 Å². The highest BCUT2D eigenvalue weighted by molar-refractivity contribution is 9.10. The summed E-state index contributed by atoms with van der Waals surface area (Å²) in [5, 5.41) is 0. The minimum atomic E-state index is -0.338. The van der Waals surface area contributed by atoms with Gasteiger partial charge in [-0.05, 0) is 18.6 Å². The first kappa shape index (κ1) is 9.93. The lowest BCUT2D eigenvalue weighted by molar-refractivity contribution is 0.196. The number of rotatable bonds is 1. The monoisotopic (exact) mass is 259 g/mol. The molecule has 2 rings (SSSR count). The van der Waals surface area contributed by atoms with Gasteiger partial charge in [-0.2, -0.15) is 0 Å². The summed E-state index contributed by atoms with van der Waals surface area (Å²) < 4.78 is 19.6. The van der Waals surface area contributed by atoms with Crippen LogP contribution in [0.1, 0.15) is 24.9 Å². The Morgan fingerprint density at radius 1 is 1.57 bits per heavy atom. The molecule has 2 N–H and O–H groups in total. The molecule has 2 unspecified atom stereocenters. The number of ether oxygens (including phenoxy) is 1. The molecule has 4 heteroatoms. The van der Waals surface area contributed by atoms with E-state index in [4.69, 9.17) is 10.5 Å². The molecule has 2 atom stereocenters. The molecule has 0 fully saturated rings. The second-order valence-electron chi connectivity index (χ2n) is 3.36. The molecular formula is C10H11BrFNO. The predicted molar refractivity (Wildman–Crippen MR) is 55.7 cm³/mol. The van der Waals surface area contributed by atoms with Crippen molar-refractivity contribution in [2.75, 3.05) is 0 Å². The maximum Gasteiger partial charge on any atom is 0.165 e. The van der Waals surface area contributed by atoms with E-state index in [1.54, 1.807) is 6.07 Å². The molecule has 0 aliphatic carbocycles. The van der Waals surface area contributed by atoms with Crippen LogP contribution in [0.2, 0.25) is 0 Å². The van der Waals surface area contributed by atoms with Crippen molar-refractivity contribution in [3.05, 3.63) is 28.0 Å². The summed E-state index contributed by atoms with van der Waals surface area (Å²) in [5.74, 6) is -0.0340. The zero-order chi connectivity index (χ0) is 10.3. The van der Waals surface area contributed by atoms with Crippen molar-refractivity contribution < 1.29 is 9.13 Å². The maximum absolute atomic E-state index is 13.4. The van der Waals surface area contributed by atoms with Gasteiger partial charge in [0.15, 0.2) is 11.6 Å². The molecule has 1 heterocycles. The third-order valence-corrected chi connectivity index (χ3v) is 3.19. The van der Waals surface area contributed by atoms with E-state index >= 15 is 0 Å². The van der Waals surface area contributed by atoms with Crippen molar-refractivity contribution in [3.8, 4) is 5.75 Å². The van der Waals surface area contributed by atoms with E-state index in [-0.39, 0.29) is 18.0 Å². The summed E-state index contributed by atoms with van der Waals surface area (Å²) in [4.78, 5) is 0. The van der Waals surface area contributed by atoms with Gasteiger partial charge in [-0.1, -0.05) is 22.9 Å². The van der Waals surface area contributed by atoms with Crippen LogP contribution >= 0.6 is 15.9 Å². The predicted octanol–water partition coefficient (Wildman–Crippen LogP) is 2.76. The first-order valence-corrected chi connectivity index (χ1v) is 5.34. The summed E-state index contributed by atoms with van der Waals surface area (Å²) >= 11 is 3.35. The van der Waals surface area contributed by atoms with Gasteiger partial charge in [-0.3, -0.25) is 0 Å². The molecule has 14 heavy (non-hydrogen) atoms. The minimum absolute atomic E-state index is 0.113. The Kier molecular flexibility index (Phi) is 2.49. The van der Waals surface area contributed by atoms with Gasteiger partial charge in [0.25, 0.3) is 0 Å². The van der Waals surface area contributed by atoms with Gasteiger partial charge < -0.3 is 10.5 Å². The van der Waals surface area contributed by atoms with Crippen LogP contribution in [0.4, 0.5) is 4.39 Å². The SMILES string of the molecule is CCC1Oc2c(F)ccc(Br)c2C1N. The van der Waals surface area contributed by atoms with E-state index in [9.17, 15) is 4.39 Å². The lowest BCUT2D eigenvalue weighted by Crippen LogP contribution is -2.24. The van der Waals surface area contributed by atoms with Crippen LogP contribution in [0.3, 0.4) is 0 Å². The van der Waals surface area contributed by atoms with Gasteiger partial charge in [0, 0.05) is 10.0 Å². The highest BCUT2D eigenvalue weighted by Gasteiger charge is 2.34. The number of fused-ring (bicyclic) bond motifs is 1. The van der Waals surface area contributed by atoms with Crippen molar-refractivity contribution in [1.29, 1.82) is 0 Å². The molecule has 1 aromatic carbocycles. The summed E-state index contributed by atoms with van der Waals surface area (Å²) in [7, 11) is 0. The number of halogens is 2. The van der Waals surface area contributed by atoms with Crippen molar-refractivity contribution in [2.24, 2.45) is 5.73 Å². The quantitative estimate of drug-likeness (QED) is 0.842. The van der Waals surface area contributed by atoms with Gasteiger partial charge in [0.1, 0.15) is 6.10 Å². The third kappa shape index (κ3) is 1.33. The van der Waals surface area contributed by atoms with E-state index in [1.165, 1.54) is 6.07 Å². The second-order valence-corrected chi connectivity index (χ2v) is 4.22. The number of benzene rings is 1. The summed E-state index contributed by atoms with van der Waals surface area (Å²) in [6.45, 7) is 1.97. The standard InChI is InChI=1S/C10H11BrFNO/c1-2-7-9(13)8-5(11)3-4-6(12)10(8)14-7/h3-4,7,9H,2,13H2,1H3. The molecule has 0 radical (unpaired) electrons. The fourth-order valence-electron chi connectivity index (χ4n) is 1.73. The van der Waals surface area contributed by atoms with Crippen LogP contribution < -0.4 is 10.5 Å². The minimum Gasteiger partial charge on any atom is -0.485 e. The average molecular weight is 260 g/mol. The van der Waals surface area contributed by atoms with Crippen LogP contribution in [0.25, 0.3) is 0 Å². The smallest absolute Gasteiger partial charge is 0.165 e. The molecular weight excluding hydrogens is 249 g/mol. The van der Waals surface area contributed by atoms with Gasteiger partial charge in [-0.15, -0.1) is 0 Å². The molecule has 1 aliphatic rings. The largest absolute Gasteiger partial charge is 0.485 e. The van der Waals surface area contributed by atoms with Gasteiger partial charge >= 0.3 is 0 Å². The fourth-order valence-corrected chi connectivity index (χ4v) is 2.30. The van der Waals surface area contributed by atoms with Crippen molar-refractivity contribution in [1.82, 2.24) is 0 Å². The zero-order valence-electron chi connectivity index (χ0n) is 7.76. The first-order chi connectivity index (χ1) is 6.65. The van der Waals surface area contributed by atoms with Crippen LogP contribution in [0.5, 0.6) is 5.75 Å². The maximum atomic E-state index is 13.4. The molecule has 76 valence electrons. The lowest BCUT2D eigenvalue weighted by Gasteiger charge is -2.12. The molecule has 2 nitrogen and oxygen atoms in total. The molecule has 0 bridgehead atoms. The summed E-state index contributed by atoms with van der Waals surface area (Å²) in [5.41, 5.74) is 6.70. The Bertz CT molecular complexity index is 369. The van der Waals surface area contributed by atoms with E-state index in [2.05, 4.69) is 15.9 Å². The van der Waals surface area contributed by atoms with Crippen LogP contribution in [0, 0.1) is 5.82 Å². The lowest BCUT2D eigenvalue weighted by atomic mass is 10.0. The number of hydrogen-bond donors (Lipinski definition) is 1. The Morgan fingerprint density at radius 3 is 2.86 bits per heavy atom. The van der Waals surface area contributed by atoms with E-state index in [0.717, 1.165) is 16.5 Å². The molecule has 0 aromatic heterocycles. The summed E-state index contributed by atoms with van der Waals surface area (Å²) in [6.07, 6.45) is 0.667. The van der Waals surface area contributed by atoms with Crippen molar-refractivity contribution >= 4 is 15.9 Å². The normalized spacial score (nSPS) is 24.6. The topological polar surface area (TPSA) is 35.2 Å². The zero-order valence-corrected chi connectivity index (χ0v) is 9.34. The fraction of sp³-hybridized carbons (Fsp3) is 0.400. The van der Waals surface area contributed by atoms with E-state index < -0.39 is 0 Å². The Morgan fingerprint density at radius 2 is 2.29 bits per heavy atom. The second kappa shape index (κ2) is 3.51. The Labute approximate surface area is 90.4 Å².